The lowest BCUT2D eigenvalue weighted by Crippen LogP contribution is -2.30. The summed E-state index contributed by atoms with van der Waals surface area (Å²) in [4.78, 5) is 23.6. The molecule has 1 fully saturated rings. The number of anilines is 1. The minimum atomic E-state index is -5.00. The van der Waals surface area contributed by atoms with Crippen LogP contribution in [-0.2, 0) is 11.2 Å². The van der Waals surface area contributed by atoms with Gasteiger partial charge in [-0.2, -0.15) is 13.2 Å². The van der Waals surface area contributed by atoms with Gasteiger partial charge in [0.25, 0.3) is 0 Å². The molecule has 4 atom stereocenters. The molecule has 182 valence electrons. The van der Waals surface area contributed by atoms with E-state index in [1.807, 2.05) is 22.9 Å². The van der Waals surface area contributed by atoms with Crippen molar-refractivity contribution in [3.05, 3.63) is 60.7 Å². The number of nitrogens with one attached hydrogen (secondary N) is 1. The van der Waals surface area contributed by atoms with E-state index in [1.54, 1.807) is 29.7 Å². The highest BCUT2D eigenvalue weighted by atomic mass is 19.4. The van der Waals surface area contributed by atoms with E-state index >= 15 is 0 Å². The number of aryl methyl sites for hydroxylation is 1. The minimum absolute atomic E-state index is 0.157. The topological polar surface area (TPSA) is 113 Å². The Labute approximate surface area is 197 Å². The highest BCUT2D eigenvalue weighted by Crippen LogP contribution is 2.39. The van der Waals surface area contributed by atoms with Crippen molar-refractivity contribution < 1.29 is 28.2 Å². The van der Waals surface area contributed by atoms with Crippen LogP contribution >= 0.6 is 0 Å². The van der Waals surface area contributed by atoms with Gasteiger partial charge in [-0.15, -0.1) is 0 Å². The van der Waals surface area contributed by atoms with Crippen molar-refractivity contribution in [1.82, 2.24) is 19.5 Å². The standard InChI is InChI=1S/C24H22F3N5O3/c25-24(26,27)23(35)31-19-6-5-14-3-1-13(9-17(14)30-19)2-4-15-10-18(21(34)20(15)33)32-8-7-16-11-28-12-29-22(16)32/h1,3,5-9,11-12,15,18,20-21,33-34H,2,4,10H2,(H,30,31,35)/t15-,18+,20+,21-/m0/s1. The van der Waals surface area contributed by atoms with E-state index in [0.717, 1.165) is 16.3 Å². The summed E-state index contributed by atoms with van der Waals surface area (Å²) >= 11 is 0. The number of halogens is 3. The summed E-state index contributed by atoms with van der Waals surface area (Å²) in [6.07, 6.45) is -0.120. The maximum atomic E-state index is 12.5. The number of hydrogen-bond acceptors (Lipinski definition) is 6. The molecule has 1 aliphatic carbocycles. The van der Waals surface area contributed by atoms with Gasteiger partial charge in [-0.25, -0.2) is 15.0 Å². The molecule has 0 saturated heterocycles. The van der Waals surface area contributed by atoms with Gasteiger partial charge in [-0.3, -0.25) is 4.79 Å². The maximum absolute atomic E-state index is 12.5. The number of aliphatic hydroxyl groups excluding tert-OH is 2. The second-order valence-electron chi connectivity index (χ2n) is 8.78. The predicted octanol–water partition coefficient (Wildman–Crippen LogP) is 3.40. The van der Waals surface area contributed by atoms with Gasteiger partial charge < -0.3 is 20.1 Å². The number of aromatic nitrogens is 4. The Bertz CT molecular complexity index is 1390. The normalized spacial score (nSPS) is 22.7. The highest BCUT2D eigenvalue weighted by molar-refractivity contribution is 5.95. The van der Waals surface area contributed by atoms with Gasteiger partial charge in [-0.05, 0) is 55.0 Å². The van der Waals surface area contributed by atoms with E-state index in [-0.39, 0.29) is 17.8 Å². The van der Waals surface area contributed by atoms with Crippen molar-refractivity contribution in [2.75, 3.05) is 5.32 Å². The largest absolute Gasteiger partial charge is 0.471 e. The molecular formula is C24H22F3N5O3. The Balaban J connectivity index is 1.29. The van der Waals surface area contributed by atoms with Crippen LogP contribution in [-0.4, -0.2) is 54.0 Å². The number of hydrogen-bond donors (Lipinski definition) is 3. The number of carbonyl (C=O) groups excluding carboxylic acids is 1. The Morgan fingerprint density at radius 1 is 1.11 bits per heavy atom. The Hall–Kier alpha value is -3.57. The third-order valence-corrected chi connectivity index (χ3v) is 6.57. The fourth-order valence-corrected chi connectivity index (χ4v) is 4.76. The first kappa shape index (κ1) is 23.2. The molecule has 3 heterocycles. The number of carbonyl (C=O) groups is 1. The van der Waals surface area contributed by atoms with Crippen molar-refractivity contribution >= 4 is 33.7 Å². The molecule has 1 aromatic carbocycles. The maximum Gasteiger partial charge on any atom is 0.471 e. The van der Waals surface area contributed by atoms with Crippen LogP contribution < -0.4 is 5.32 Å². The molecule has 35 heavy (non-hydrogen) atoms. The van der Waals surface area contributed by atoms with Crippen molar-refractivity contribution in [3.63, 3.8) is 0 Å². The molecule has 0 bridgehead atoms. The van der Waals surface area contributed by atoms with Crippen molar-refractivity contribution in [1.29, 1.82) is 0 Å². The summed E-state index contributed by atoms with van der Waals surface area (Å²) in [7, 11) is 0. The second kappa shape index (κ2) is 8.90. The third-order valence-electron chi connectivity index (χ3n) is 6.57. The smallest absolute Gasteiger partial charge is 0.390 e. The van der Waals surface area contributed by atoms with Crippen LogP contribution in [0.5, 0.6) is 0 Å². The van der Waals surface area contributed by atoms with Gasteiger partial charge in [0.1, 0.15) is 23.9 Å². The molecule has 11 heteroatoms. The van der Waals surface area contributed by atoms with Crippen LogP contribution in [0.25, 0.3) is 21.9 Å². The van der Waals surface area contributed by atoms with Crippen LogP contribution in [0.1, 0.15) is 24.4 Å². The predicted molar refractivity (Wildman–Crippen MR) is 121 cm³/mol. The molecule has 4 aromatic rings. The average Bonchev–Trinajstić information content (AvgIpc) is 3.38. The van der Waals surface area contributed by atoms with E-state index < -0.39 is 24.3 Å². The van der Waals surface area contributed by atoms with Crippen molar-refractivity contribution in [2.24, 2.45) is 5.92 Å². The Morgan fingerprint density at radius 2 is 1.91 bits per heavy atom. The van der Waals surface area contributed by atoms with Crippen LogP contribution in [0.15, 0.2) is 55.1 Å². The molecule has 5 rings (SSSR count). The lowest BCUT2D eigenvalue weighted by molar-refractivity contribution is -0.167. The molecule has 3 N–H and O–H groups in total. The molecule has 3 aromatic heterocycles. The zero-order chi connectivity index (χ0) is 24.7. The van der Waals surface area contributed by atoms with Gasteiger partial charge >= 0.3 is 12.1 Å². The van der Waals surface area contributed by atoms with E-state index in [0.29, 0.717) is 30.4 Å². The molecule has 0 spiro atoms. The number of nitrogens with zero attached hydrogens (tertiary/aromatic N) is 4. The van der Waals surface area contributed by atoms with Crippen LogP contribution in [0.3, 0.4) is 0 Å². The first-order valence-corrected chi connectivity index (χ1v) is 11.1. The second-order valence-corrected chi connectivity index (χ2v) is 8.78. The number of alkyl halides is 3. The summed E-state index contributed by atoms with van der Waals surface area (Å²) in [5.74, 6) is -2.42. The van der Waals surface area contributed by atoms with Gasteiger partial charge in [0, 0.05) is 23.2 Å². The summed E-state index contributed by atoms with van der Waals surface area (Å²) < 4.78 is 39.5. The number of fused-ring (bicyclic) bond motifs is 2. The summed E-state index contributed by atoms with van der Waals surface area (Å²) in [6.45, 7) is 0. The molecule has 0 unspecified atom stereocenters. The highest BCUT2D eigenvalue weighted by Gasteiger charge is 2.42. The van der Waals surface area contributed by atoms with E-state index in [4.69, 9.17) is 0 Å². The van der Waals surface area contributed by atoms with Gasteiger partial charge in [-0.1, -0.05) is 12.1 Å². The first-order valence-electron chi connectivity index (χ1n) is 11.1. The number of rotatable bonds is 5. The lowest BCUT2D eigenvalue weighted by atomic mass is 9.95. The molecule has 1 saturated carbocycles. The van der Waals surface area contributed by atoms with Crippen LogP contribution in [0.2, 0.25) is 0 Å². The fraction of sp³-hybridized carbons (Fsp3) is 0.333. The summed E-state index contributed by atoms with van der Waals surface area (Å²) in [6, 6.07) is 9.91. The zero-order valence-corrected chi connectivity index (χ0v) is 18.4. The van der Waals surface area contributed by atoms with E-state index in [1.165, 1.54) is 12.4 Å². The van der Waals surface area contributed by atoms with Crippen LogP contribution in [0, 0.1) is 5.92 Å². The minimum Gasteiger partial charge on any atom is -0.390 e. The van der Waals surface area contributed by atoms with Gasteiger partial charge in [0.05, 0.1) is 17.7 Å². The molecule has 0 radical (unpaired) electrons. The van der Waals surface area contributed by atoms with Gasteiger partial charge in [0.15, 0.2) is 0 Å². The summed E-state index contributed by atoms with van der Waals surface area (Å²) in [5, 5.41) is 24.8. The Kier molecular flexibility index (Phi) is 5.89. The molecule has 1 aliphatic rings. The molecular weight excluding hydrogens is 463 g/mol. The third kappa shape index (κ3) is 4.56. The average molecular weight is 485 g/mol. The van der Waals surface area contributed by atoms with Gasteiger partial charge in [0.2, 0.25) is 0 Å². The van der Waals surface area contributed by atoms with Crippen molar-refractivity contribution in [3.8, 4) is 0 Å². The quantitative estimate of drug-likeness (QED) is 0.399. The lowest BCUT2D eigenvalue weighted by Gasteiger charge is -2.18. The van der Waals surface area contributed by atoms with Crippen LogP contribution in [0.4, 0.5) is 19.0 Å². The molecule has 1 amide bonds. The van der Waals surface area contributed by atoms with Crippen molar-refractivity contribution in [2.45, 2.75) is 43.7 Å². The number of pyridine rings is 1. The fourth-order valence-electron chi connectivity index (χ4n) is 4.76. The zero-order valence-electron chi connectivity index (χ0n) is 18.4. The summed E-state index contributed by atoms with van der Waals surface area (Å²) in [5.41, 5.74) is 2.03. The number of amides is 1. The van der Waals surface area contributed by atoms with E-state index in [2.05, 4.69) is 15.0 Å². The molecule has 8 nitrogen and oxygen atoms in total. The Morgan fingerprint density at radius 3 is 2.71 bits per heavy atom. The number of benzene rings is 1. The molecule has 0 aliphatic heterocycles. The monoisotopic (exact) mass is 485 g/mol. The number of aliphatic hydroxyl groups is 2. The SMILES string of the molecule is O=C(Nc1ccc2ccc(CC[C@H]3C[C@@H](n4ccc5cncnc54)[C@H](O)[C@@H]3O)cc2n1)C(F)(F)F. The first-order chi connectivity index (χ1) is 16.7. The van der Waals surface area contributed by atoms with E-state index in [9.17, 15) is 28.2 Å².